The normalized spacial score (nSPS) is 19.1. The van der Waals surface area contributed by atoms with Crippen LogP contribution in [0.25, 0.3) is 5.76 Å². The zero-order chi connectivity index (χ0) is 28.9. The maximum atomic E-state index is 13.3. The Kier molecular flexibility index (Phi) is 9.25. The molecule has 0 aliphatic carbocycles. The van der Waals surface area contributed by atoms with Gasteiger partial charge in [-0.1, -0.05) is 41.4 Å². The summed E-state index contributed by atoms with van der Waals surface area (Å²) in [6, 6.07) is 16.7. The standard InChI is InChI=1S/C31H29Cl2FN2O5/c32-25-11-6-22(18-26(25)33)28-27(30(38)31(39)36(28)13-1-12-35-14-16-40-17-15-35)29(37)21-4-9-24(10-5-21)41-19-20-2-7-23(34)8-3-20/h2-11,18,28,37H,1,12-17,19H2/t28-/m1/s1. The SMILES string of the molecule is O=C1C(=O)N(CCCN2CCOCC2)[C@H](c2ccc(Cl)c(Cl)c2)C1=C(O)c1ccc(OCc2ccc(F)cc2)cc1. The summed E-state index contributed by atoms with van der Waals surface area (Å²) >= 11 is 12.5. The van der Waals surface area contributed by atoms with E-state index in [9.17, 15) is 19.1 Å². The molecule has 0 saturated carbocycles. The number of Topliss-reactive ketones (excluding diaryl/α,β-unsaturated/α-hetero) is 1. The number of benzene rings is 3. The minimum atomic E-state index is -0.830. The Morgan fingerprint density at radius 1 is 0.951 bits per heavy atom. The highest BCUT2D eigenvalue weighted by Crippen LogP contribution is 2.41. The Morgan fingerprint density at radius 3 is 2.34 bits per heavy atom. The zero-order valence-electron chi connectivity index (χ0n) is 22.2. The topological polar surface area (TPSA) is 79.3 Å². The Morgan fingerprint density at radius 2 is 1.66 bits per heavy atom. The minimum Gasteiger partial charge on any atom is -0.507 e. The summed E-state index contributed by atoms with van der Waals surface area (Å²) in [7, 11) is 0. The van der Waals surface area contributed by atoms with Crippen molar-refractivity contribution in [1.29, 1.82) is 0 Å². The van der Waals surface area contributed by atoms with Gasteiger partial charge in [-0.25, -0.2) is 4.39 Å². The van der Waals surface area contributed by atoms with Gasteiger partial charge in [0.2, 0.25) is 0 Å². The van der Waals surface area contributed by atoms with Gasteiger partial charge in [0.25, 0.3) is 11.7 Å². The maximum absolute atomic E-state index is 13.3. The number of aliphatic hydroxyl groups is 1. The second kappa shape index (κ2) is 13.0. The molecule has 5 rings (SSSR count). The molecule has 3 aromatic rings. The maximum Gasteiger partial charge on any atom is 0.295 e. The van der Waals surface area contributed by atoms with Crippen LogP contribution in [0.3, 0.4) is 0 Å². The summed E-state index contributed by atoms with van der Waals surface area (Å²) < 4.78 is 24.3. The highest BCUT2D eigenvalue weighted by Gasteiger charge is 2.46. The van der Waals surface area contributed by atoms with Crippen molar-refractivity contribution >= 4 is 40.7 Å². The van der Waals surface area contributed by atoms with E-state index >= 15 is 0 Å². The fraction of sp³-hybridized carbons (Fsp3) is 0.290. The van der Waals surface area contributed by atoms with E-state index in [-0.39, 0.29) is 28.8 Å². The lowest BCUT2D eigenvalue weighted by Gasteiger charge is -2.29. The van der Waals surface area contributed by atoms with Crippen LogP contribution >= 0.6 is 23.2 Å². The van der Waals surface area contributed by atoms with Crippen molar-refractivity contribution < 1.29 is 28.6 Å². The monoisotopic (exact) mass is 598 g/mol. The van der Waals surface area contributed by atoms with Gasteiger partial charge in [-0.15, -0.1) is 0 Å². The summed E-state index contributed by atoms with van der Waals surface area (Å²) in [5.41, 5.74) is 1.72. The molecule has 2 saturated heterocycles. The molecule has 0 bridgehead atoms. The number of aliphatic hydroxyl groups excluding tert-OH is 1. The predicted octanol–water partition coefficient (Wildman–Crippen LogP) is 5.86. The van der Waals surface area contributed by atoms with Gasteiger partial charge in [0.15, 0.2) is 0 Å². The van der Waals surface area contributed by atoms with Gasteiger partial charge >= 0.3 is 0 Å². The smallest absolute Gasteiger partial charge is 0.295 e. The number of carbonyl (C=O) groups excluding carboxylic acids is 2. The summed E-state index contributed by atoms with van der Waals surface area (Å²) in [6.45, 7) is 4.28. The van der Waals surface area contributed by atoms with Crippen LogP contribution in [0.4, 0.5) is 4.39 Å². The van der Waals surface area contributed by atoms with Gasteiger partial charge < -0.3 is 19.5 Å². The molecule has 2 fully saturated rings. The molecule has 0 spiro atoms. The Labute approximate surface area is 247 Å². The van der Waals surface area contributed by atoms with Gasteiger partial charge in [0, 0.05) is 31.7 Å². The first-order chi connectivity index (χ1) is 19.8. The first-order valence-electron chi connectivity index (χ1n) is 13.3. The van der Waals surface area contributed by atoms with Crippen LogP contribution in [-0.4, -0.2) is 66.0 Å². The lowest BCUT2D eigenvalue weighted by molar-refractivity contribution is -0.140. The van der Waals surface area contributed by atoms with Crippen molar-refractivity contribution in [3.63, 3.8) is 0 Å². The molecular formula is C31H29Cl2FN2O5. The molecular weight excluding hydrogens is 570 g/mol. The van der Waals surface area contributed by atoms with E-state index in [1.165, 1.54) is 17.0 Å². The van der Waals surface area contributed by atoms with Crippen LogP contribution < -0.4 is 4.74 Å². The van der Waals surface area contributed by atoms with Gasteiger partial charge in [-0.05, 0) is 66.1 Å². The lowest BCUT2D eigenvalue weighted by Crippen LogP contribution is -2.38. The van der Waals surface area contributed by atoms with E-state index in [1.54, 1.807) is 54.6 Å². The lowest BCUT2D eigenvalue weighted by atomic mass is 9.95. The molecule has 1 amide bonds. The number of morpholine rings is 1. The van der Waals surface area contributed by atoms with Crippen molar-refractivity contribution in [3.8, 4) is 5.75 Å². The third kappa shape index (κ3) is 6.73. The van der Waals surface area contributed by atoms with Crippen LogP contribution in [0.5, 0.6) is 5.75 Å². The molecule has 214 valence electrons. The Balaban J connectivity index is 1.39. The van der Waals surface area contributed by atoms with Crippen molar-refractivity contribution in [1.82, 2.24) is 9.80 Å². The van der Waals surface area contributed by atoms with E-state index < -0.39 is 17.7 Å². The van der Waals surface area contributed by atoms with E-state index in [4.69, 9.17) is 32.7 Å². The van der Waals surface area contributed by atoms with Crippen molar-refractivity contribution in [2.24, 2.45) is 0 Å². The number of likely N-dealkylation sites (tertiary alicyclic amines) is 1. The zero-order valence-corrected chi connectivity index (χ0v) is 23.7. The number of nitrogens with zero attached hydrogens (tertiary/aromatic N) is 2. The van der Waals surface area contributed by atoms with Crippen LogP contribution in [0, 0.1) is 5.82 Å². The molecule has 0 aromatic heterocycles. The van der Waals surface area contributed by atoms with Crippen LogP contribution in [0.1, 0.15) is 29.2 Å². The van der Waals surface area contributed by atoms with E-state index in [0.717, 1.165) is 25.2 Å². The number of hydrogen-bond donors (Lipinski definition) is 1. The van der Waals surface area contributed by atoms with Gasteiger partial charge in [-0.3, -0.25) is 14.5 Å². The Bertz CT molecular complexity index is 1440. The number of rotatable bonds is 9. The minimum absolute atomic E-state index is 0.0141. The van der Waals surface area contributed by atoms with Crippen molar-refractivity contribution in [2.45, 2.75) is 19.1 Å². The molecule has 0 radical (unpaired) electrons. The second-order valence-electron chi connectivity index (χ2n) is 9.91. The highest BCUT2D eigenvalue weighted by molar-refractivity contribution is 6.46. The van der Waals surface area contributed by atoms with Gasteiger partial charge in [0.1, 0.15) is 23.9 Å². The average molecular weight is 599 g/mol. The van der Waals surface area contributed by atoms with Crippen LogP contribution in [0.15, 0.2) is 72.3 Å². The van der Waals surface area contributed by atoms with E-state index in [2.05, 4.69) is 4.90 Å². The highest BCUT2D eigenvalue weighted by atomic mass is 35.5. The number of halogens is 3. The molecule has 41 heavy (non-hydrogen) atoms. The van der Waals surface area contributed by atoms with Gasteiger partial charge in [-0.2, -0.15) is 0 Å². The number of ketones is 1. The molecule has 1 N–H and O–H groups in total. The van der Waals surface area contributed by atoms with Crippen molar-refractivity contribution in [2.75, 3.05) is 39.4 Å². The van der Waals surface area contributed by atoms with Crippen molar-refractivity contribution in [3.05, 3.63) is 105 Å². The quantitative estimate of drug-likeness (QED) is 0.189. The molecule has 0 unspecified atom stereocenters. The number of amides is 1. The first kappa shape index (κ1) is 29.1. The number of hydrogen-bond acceptors (Lipinski definition) is 6. The summed E-state index contributed by atoms with van der Waals surface area (Å²) in [4.78, 5) is 30.3. The third-order valence-electron chi connectivity index (χ3n) is 7.22. The Hall–Kier alpha value is -3.43. The average Bonchev–Trinajstić information content (AvgIpc) is 3.24. The van der Waals surface area contributed by atoms with Gasteiger partial charge in [0.05, 0.1) is 34.9 Å². The largest absolute Gasteiger partial charge is 0.507 e. The molecule has 7 nitrogen and oxygen atoms in total. The van der Waals surface area contributed by atoms with Crippen LogP contribution in [-0.2, 0) is 20.9 Å². The fourth-order valence-electron chi connectivity index (χ4n) is 5.04. The fourth-order valence-corrected chi connectivity index (χ4v) is 5.35. The summed E-state index contributed by atoms with van der Waals surface area (Å²) in [6.07, 6.45) is 0.644. The van der Waals surface area contributed by atoms with E-state index in [0.29, 0.717) is 48.1 Å². The molecule has 2 aliphatic rings. The molecule has 3 aromatic carbocycles. The number of ether oxygens (including phenoxy) is 2. The summed E-state index contributed by atoms with van der Waals surface area (Å²) in [5, 5.41) is 12.0. The van der Waals surface area contributed by atoms with Crippen LogP contribution in [0.2, 0.25) is 10.0 Å². The first-order valence-corrected chi connectivity index (χ1v) is 14.1. The molecule has 2 aliphatic heterocycles. The molecule has 1 atom stereocenters. The third-order valence-corrected chi connectivity index (χ3v) is 7.96. The molecule has 10 heteroatoms. The predicted molar refractivity (Wildman–Crippen MR) is 155 cm³/mol. The summed E-state index contributed by atoms with van der Waals surface area (Å²) in [5.74, 6) is -1.53. The molecule has 2 heterocycles. The second-order valence-corrected chi connectivity index (χ2v) is 10.7. The van der Waals surface area contributed by atoms with E-state index in [1.807, 2.05) is 0 Å². The number of carbonyl (C=O) groups is 2.